The summed E-state index contributed by atoms with van der Waals surface area (Å²) in [6, 6.07) is 0.816. The van der Waals surface area contributed by atoms with Gasteiger partial charge in [-0.3, -0.25) is 4.79 Å². The maximum atomic E-state index is 12.7. The van der Waals surface area contributed by atoms with Crippen LogP contribution in [-0.2, 0) is 0 Å². The first kappa shape index (κ1) is 9.29. The van der Waals surface area contributed by atoms with E-state index in [9.17, 15) is 9.18 Å². The van der Waals surface area contributed by atoms with Crippen LogP contribution < -0.4 is 0 Å². The lowest BCUT2D eigenvalue weighted by atomic mass is 10.2. The van der Waals surface area contributed by atoms with Gasteiger partial charge in [0, 0.05) is 0 Å². The summed E-state index contributed by atoms with van der Waals surface area (Å²) in [6.45, 7) is 0. The smallest absolute Gasteiger partial charge is 0.153 e. The Balaban J connectivity index is 3.49. The summed E-state index contributed by atoms with van der Waals surface area (Å²) < 4.78 is 12.7. The van der Waals surface area contributed by atoms with Crippen molar-refractivity contribution in [2.45, 2.75) is 0 Å². The number of aromatic hydroxyl groups is 1. The zero-order valence-electron chi connectivity index (χ0n) is 5.64. The Morgan fingerprint density at radius 2 is 2.00 bits per heavy atom. The van der Waals surface area contributed by atoms with Gasteiger partial charge in [0.1, 0.15) is 16.6 Å². The number of carbonyl (C=O) groups excluding carboxylic acids is 1. The molecule has 1 aromatic rings. The van der Waals surface area contributed by atoms with Gasteiger partial charge in [0.05, 0.1) is 10.6 Å². The second-order valence-corrected chi connectivity index (χ2v) is 2.80. The molecule has 0 fully saturated rings. The molecule has 0 aliphatic heterocycles. The van der Waals surface area contributed by atoms with E-state index in [2.05, 4.69) is 0 Å². The third-order valence-corrected chi connectivity index (χ3v) is 2.13. The van der Waals surface area contributed by atoms with Crippen LogP contribution in [0.5, 0.6) is 5.75 Å². The van der Waals surface area contributed by atoms with Crippen LogP contribution in [0, 0.1) is 5.82 Å². The zero-order valence-corrected chi connectivity index (χ0v) is 7.16. The lowest BCUT2D eigenvalue weighted by Crippen LogP contribution is -1.87. The number of carbonyl (C=O) groups is 1. The molecule has 1 rings (SSSR count). The predicted molar refractivity (Wildman–Crippen MR) is 43.5 cm³/mol. The number of hydrogen-bond acceptors (Lipinski definition) is 2. The summed E-state index contributed by atoms with van der Waals surface area (Å²) in [4.78, 5) is 10.2. The first-order valence-corrected chi connectivity index (χ1v) is 3.65. The Hall–Kier alpha value is -0.800. The number of phenols is 1. The maximum absolute atomic E-state index is 12.7. The fourth-order valence-electron chi connectivity index (χ4n) is 0.694. The molecule has 1 aromatic carbocycles. The van der Waals surface area contributed by atoms with Crippen LogP contribution >= 0.6 is 23.2 Å². The van der Waals surface area contributed by atoms with Gasteiger partial charge in [-0.15, -0.1) is 0 Å². The summed E-state index contributed by atoms with van der Waals surface area (Å²) >= 11 is 10.7. The van der Waals surface area contributed by atoms with Gasteiger partial charge in [-0.25, -0.2) is 4.39 Å². The molecule has 0 aliphatic carbocycles. The third kappa shape index (κ3) is 1.38. The van der Waals surface area contributed by atoms with Crippen LogP contribution in [0.25, 0.3) is 0 Å². The molecule has 0 unspecified atom stereocenters. The minimum atomic E-state index is -0.832. The van der Waals surface area contributed by atoms with E-state index in [0.717, 1.165) is 6.07 Å². The van der Waals surface area contributed by atoms with E-state index in [1.165, 1.54) is 0 Å². The highest BCUT2D eigenvalue weighted by Gasteiger charge is 2.13. The average Bonchev–Trinajstić information content (AvgIpc) is 2.08. The Kier molecular flexibility index (Phi) is 2.55. The molecule has 1 N–H and O–H groups in total. The fourth-order valence-corrected chi connectivity index (χ4v) is 1.04. The Morgan fingerprint density at radius 1 is 1.42 bits per heavy atom. The van der Waals surface area contributed by atoms with E-state index in [4.69, 9.17) is 28.3 Å². The van der Waals surface area contributed by atoms with Crippen molar-refractivity contribution in [3.63, 3.8) is 0 Å². The van der Waals surface area contributed by atoms with Gasteiger partial charge < -0.3 is 5.11 Å². The van der Waals surface area contributed by atoms with E-state index >= 15 is 0 Å². The van der Waals surface area contributed by atoms with Crippen molar-refractivity contribution in [2.24, 2.45) is 0 Å². The molecule has 0 spiro atoms. The lowest BCUT2D eigenvalue weighted by molar-refractivity contribution is 0.112. The highest BCUT2D eigenvalue weighted by Crippen LogP contribution is 2.35. The van der Waals surface area contributed by atoms with Gasteiger partial charge in [-0.1, -0.05) is 23.2 Å². The van der Waals surface area contributed by atoms with Gasteiger partial charge in [0.15, 0.2) is 6.29 Å². The van der Waals surface area contributed by atoms with Gasteiger partial charge in [-0.05, 0) is 6.07 Å². The topological polar surface area (TPSA) is 37.3 Å². The van der Waals surface area contributed by atoms with Crippen molar-refractivity contribution in [3.05, 3.63) is 27.5 Å². The molecule has 2 nitrogen and oxygen atoms in total. The molecule has 12 heavy (non-hydrogen) atoms. The Morgan fingerprint density at radius 3 is 2.50 bits per heavy atom. The highest BCUT2D eigenvalue weighted by atomic mass is 35.5. The van der Waals surface area contributed by atoms with E-state index in [-0.39, 0.29) is 15.6 Å². The minimum absolute atomic E-state index is 0.220. The maximum Gasteiger partial charge on any atom is 0.153 e. The Bertz CT molecular complexity index is 339. The standard InChI is InChI=1S/C7H3Cl2FO2/c8-5-4(10)1-3(2-11)7(12)6(5)9/h1-2,12H. The molecular weight excluding hydrogens is 206 g/mol. The molecule has 0 radical (unpaired) electrons. The summed E-state index contributed by atoms with van der Waals surface area (Å²) in [5, 5.41) is 8.35. The molecule has 0 bridgehead atoms. The van der Waals surface area contributed by atoms with Gasteiger partial charge in [0.2, 0.25) is 0 Å². The van der Waals surface area contributed by atoms with Gasteiger partial charge >= 0.3 is 0 Å². The molecule has 0 amide bonds. The lowest BCUT2D eigenvalue weighted by Gasteiger charge is -2.02. The number of phenolic OH excluding ortho intramolecular Hbond substituents is 1. The van der Waals surface area contributed by atoms with E-state index in [1.807, 2.05) is 0 Å². The number of hydrogen-bond donors (Lipinski definition) is 1. The molecule has 64 valence electrons. The van der Waals surface area contributed by atoms with Crippen molar-refractivity contribution in [1.82, 2.24) is 0 Å². The quantitative estimate of drug-likeness (QED) is 0.570. The Labute approximate surface area is 77.5 Å². The van der Waals surface area contributed by atoms with Crippen molar-refractivity contribution >= 4 is 29.5 Å². The second kappa shape index (κ2) is 3.29. The molecular formula is C7H3Cl2FO2. The summed E-state index contributed by atoms with van der Waals surface area (Å²) in [7, 11) is 0. The van der Waals surface area contributed by atoms with Gasteiger partial charge in [0.25, 0.3) is 0 Å². The summed E-state index contributed by atoms with van der Waals surface area (Å²) in [6.07, 6.45) is 0.292. The van der Waals surface area contributed by atoms with E-state index < -0.39 is 11.6 Å². The third-order valence-electron chi connectivity index (χ3n) is 1.29. The minimum Gasteiger partial charge on any atom is -0.506 e. The molecule has 5 heteroatoms. The SMILES string of the molecule is O=Cc1cc(F)c(Cl)c(Cl)c1O. The van der Waals surface area contributed by atoms with E-state index in [1.54, 1.807) is 0 Å². The van der Waals surface area contributed by atoms with Crippen LogP contribution in [0.1, 0.15) is 10.4 Å². The predicted octanol–water partition coefficient (Wildman–Crippen LogP) is 2.65. The second-order valence-electron chi connectivity index (χ2n) is 2.04. The van der Waals surface area contributed by atoms with Crippen molar-refractivity contribution in [3.8, 4) is 5.75 Å². The molecule has 0 heterocycles. The van der Waals surface area contributed by atoms with Crippen LogP contribution in [0.3, 0.4) is 0 Å². The first-order chi connectivity index (χ1) is 5.57. The summed E-state index contributed by atoms with van der Waals surface area (Å²) in [5.41, 5.74) is -0.220. The monoisotopic (exact) mass is 208 g/mol. The summed E-state index contributed by atoms with van der Waals surface area (Å²) in [5.74, 6) is -1.33. The largest absolute Gasteiger partial charge is 0.506 e. The van der Waals surface area contributed by atoms with Crippen molar-refractivity contribution < 1.29 is 14.3 Å². The van der Waals surface area contributed by atoms with Crippen LogP contribution in [0.15, 0.2) is 6.07 Å². The van der Waals surface area contributed by atoms with Gasteiger partial charge in [-0.2, -0.15) is 0 Å². The molecule has 0 aromatic heterocycles. The van der Waals surface area contributed by atoms with Crippen LogP contribution in [0.2, 0.25) is 10.0 Å². The molecule has 0 aliphatic rings. The normalized spacial score (nSPS) is 9.92. The number of aldehydes is 1. The van der Waals surface area contributed by atoms with Crippen LogP contribution in [-0.4, -0.2) is 11.4 Å². The zero-order chi connectivity index (χ0) is 9.30. The van der Waals surface area contributed by atoms with Crippen molar-refractivity contribution in [2.75, 3.05) is 0 Å². The molecule has 0 atom stereocenters. The number of halogens is 3. The fraction of sp³-hybridized carbons (Fsp3) is 0. The van der Waals surface area contributed by atoms with Crippen LogP contribution in [0.4, 0.5) is 4.39 Å². The average molecular weight is 209 g/mol. The highest BCUT2D eigenvalue weighted by molar-refractivity contribution is 6.43. The first-order valence-electron chi connectivity index (χ1n) is 2.89. The number of rotatable bonds is 1. The molecule has 0 saturated heterocycles. The number of benzene rings is 1. The molecule has 0 saturated carbocycles. The van der Waals surface area contributed by atoms with E-state index in [0.29, 0.717) is 6.29 Å². The van der Waals surface area contributed by atoms with Crippen molar-refractivity contribution in [1.29, 1.82) is 0 Å².